The van der Waals surface area contributed by atoms with Crippen LogP contribution in [0, 0.1) is 5.82 Å². The van der Waals surface area contributed by atoms with Crippen molar-refractivity contribution in [3.05, 3.63) is 95.6 Å². The monoisotopic (exact) mass is 385 g/mol. The molecule has 2 amide bonds. The maximum atomic E-state index is 13.4. The Hall–Kier alpha value is -3.47. The molecule has 1 saturated heterocycles. The van der Waals surface area contributed by atoms with E-state index >= 15 is 0 Å². The first-order chi connectivity index (χ1) is 14.2. The van der Waals surface area contributed by atoms with E-state index in [1.807, 2.05) is 41.3 Å². The molecule has 2 aliphatic heterocycles. The highest BCUT2D eigenvalue weighted by molar-refractivity contribution is 5.78. The van der Waals surface area contributed by atoms with Gasteiger partial charge in [0.25, 0.3) is 0 Å². The fraction of sp³-hybridized carbons (Fsp3) is 0.167. The molecule has 1 aromatic heterocycles. The molecule has 1 N–H and O–H groups in total. The van der Waals surface area contributed by atoms with Gasteiger partial charge in [-0.05, 0) is 41.0 Å². The zero-order valence-corrected chi connectivity index (χ0v) is 15.8. The van der Waals surface area contributed by atoms with Gasteiger partial charge in [-0.2, -0.15) is 0 Å². The Labute approximate surface area is 168 Å². The first-order valence-electron chi connectivity index (χ1n) is 9.71. The number of hydrogen-bond donors (Lipinski definition) is 1. The lowest BCUT2D eigenvalue weighted by Gasteiger charge is -2.35. The number of rotatable bonds is 3. The van der Waals surface area contributed by atoms with Crippen LogP contribution in [0.2, 0.25) is 0 Å². The van der Waals surface area contributed by atoms with Gasteiger partial charge in [-0.1, -0.05) is 48.5 Å². The van der Waals surface area contributed by atoms with E-state index in [0.717, 1.165) is 16.8 Å². The topological polar surface area (TPSA) is 45.2 Å². The van der Waals surface area contributed by atoms with E-state index in [-0.39, 0.29) is 23.8 Å². The molecular formula is C24H20FN3O. The number of pyridine rings is 1. The summed E-state index contributed by atoms with van der Waals surface area (Å²) in [5.41, 5.74) is 4.96. The van der Waals surface area contributed by atoms with Gasteiger partial charge in [-0.3, -0.25) is 4.98 Å². The molecular weight excluding hydrogens is 365 g/mol. The Morgan fingerprint density at radius 1 is 1.07 bits per heavy atom. The summed E-state index contributed by atoms with van der Waals surface area (Å²) in [7, 11) is 0. The molecule has 5 rings (SSSR count). The van der Waals surface area contributed by atoms with Crippen molar-refractivity contribution in [3.63, 3.8) is 0 Å². The molecule has 2 aromatic carbocycles. The average Bonchev–Trinajstić information content (AvgIpc) is 3.12. The maximum Gasteiger partial charge on any atom is 0.318 e. The third-order valence-electron chi connectivity index (χ3n) is 5.71. The van der Waals surface area contributed by atoms with Crippen LogP contribution in [0.1, 0.15) is 22.7 Å². The molecule has 2 atom stereocenters. The highest BCUT2D eigenvalue weighted by Crippen LogP contribution is 2.36. The molecule has 5 heteroatoms. The number of halogens is 1. The minimum Gasteiger partial charge on any atom is -0.336 e. The molecule has 0 aliphatic carbocycles. The molecule has 29 heavy (non-hydrogen) atoms. The van der Waals surface area contributed by atoms with Gasteiger partial charge in [0.1, 0.15) is 5.82 Å². The molecule has 1 fully saturated rings. The summed E-state index contributed by atoms with van der Waals surface area (Å²) in [6.07, 6.45) is 5.90. The van der Waals surface area contributed by atoms with Gasteiger partial charge < -0.3 is 10.2 Å². The largest absolute Gasteiger partial charge is 0.336 e. The van der Waals surface area contributed by atoms with E-state index in [1.165, 1.54) is 23.3 Å². The zero-order valence-electron chi connectivity index (χ0n) is 15.8. The standard InChI is InChI=1S/C24H20FN3O/c25-19-6-3-5-16(12-19)17-8-9-20(26-13-17)10-11-22-21-7-2-1-4-18(21)15-28-23(22)14-27-24(28)29/h1-13,22-23H,14-15H2,(H,27,29)/t22?,23-/m1/s1. The van der Waals surface area contributed by atoms with Crippen molar-refractivity contribution in [1.82, 2.24) is 15.2 Å². The number of amides is 2. The lowest BCUT2D eigenvalue weighted by molar-refractivity contribution is 0.191. The van der Waals surface area contributed by atoms with Crippen molar-refractivity contribution >= 4 is 12.1 Å². The van der Waals surface area contributed by atoms with Crippen molar-refractivity contribution in [2.24, 2.45) is 0 Å². The van der Waals surface area contributed by atoms with Crippen molar-refractivity contribution in [1.29, 1.82) is 0 Å². The summed E-state index contributed by atoms with van der Waals surface area (Å²) >= 11 is 0. The minimum absolute atomic E-state index is 0.000439. The summed E-state index contributed by atoms with van der Waals surface area (Å²) in [6, 6.07) is 18.8. The predicted octanol–water partition coefficient (Wildman–Crippen LogP) is 4.59. The number of fused-ring (bicyclic) bond motifs is 2. The van der Waals surface area contributed by atoms with E-state index < -0.39 is 0 Å². The first kappa shape index (κ1) is 17.6. The molecule has 0 radical (unpaired) electrons. The van der Waals surface area contributed by atoms with E-state index in [9.17, 15) is 9.18 Å². The van der Waals surface area contributed by atoms with Crippen LogP contribution >= 0.6 is 0 Å². The van der Waals surface area contributed by atoms with Gasteiger partial charge in [-0.25, -0.2) is 9.18 Å². The molecule has 1 unspecified atom stereocenters. The van der Waals surface area contributed by atoms with Crippen LogP contribution in [0.4, 0.5) is 9.18 Å². The molecule has 0 spiro atoms. The Bertz CT molecular complexity index is 1090. The van der Waals surface area contributed by atoms with Crippen LogP contribution in [0.5, 0.6) is 0 Å². The minimum atomic E-state index is -0.258. The Balaban J connectivity index is 1.42. The van der Waals surface area contributed by atoms with Gasteiger partial charge in [0.2, 0.25) is 0 Å². The smallest absolute Gasteiger partial charge is 0.318 e. The Morgan fingerprint density at radius 3 is 2.79 bits per heavy atom. The number of nitrogens with zero attached hydrogens (tertiary/aromatic N) is 2. The molecule has 4 nitrogen and oxygen atoms in total. The number of benzene rings is 2. The highest BCUT2D eigenvalue weighted by Gasteiger charge is 2.40. The van der Waals surface area contributed by atoms with E-state index in [4.69, 9.17) is 0 Å². The second-order valence-electron chi connectivity index (χ2n) is 7.45. The Morgan fingerprint density at radius 2 is 1.97 bits per heavy atom. The summed E-state index contributed by atoms with van der Waals surface area (Å²) in [5.74, 6) is -0.143. The number of aromatic nitrogens is 1. The average molecular weight is 385 g/mol. The predicted molar refractivity (Wildman–Crippen MR) is 111 cm³/mol. The normalized spacial score (nSPS) is 20.4. The van der Waals surface area contributed by atoms with Crippen molar-refractivity contribution < 1.29 is 9.18 Å². The summed E-state index contributed by atoms with van der Waals surface area (Å²) < 4.78 is 13.4. The van der Waals surface area contributed by atoms with Crippen molar-refractivity contribution in [3.8, 4) is 11.1 Å². The molecule has 2 aliphatic rings. The van der Waals surface area contributed by atoms with Crippen LogP contribution < -0.4 is 5.32 Å². The Kier molecular flexibility index (Phi) is 4.35. The van der Waals surface area contributed by atoms with Gasteiger partial charge in [0, 0.05) is 30.8 Å². The van der Waals surface area contributed by atoms with Crippen LogP contribution in [0.3, 0.4) is 0 Å². The second-order valence-corrected chi connectivity index (χ2v) is 7.45. The summed E-state index contributed by atoms with van der Waals surface area (Å²) in [4.78, 5) is 18.6. The summed E-state index contributed by atoms with van der Waals surface area (Å²) in [5, 5.41) is 2.96. The maximum absolute atomic E-state index is 13.4. The fourth-order valence-electron chi connectivity index (χ4n) is 4.24. The molecule has 0 saturated carbocycles. The van der Waals surface area contributed by atoms with Gasteiger partial charge in [0.15, 0.2) is 0 Å². The second kappa shape index (κ2) is 7.17. The van der Waals surface area contributed by atoms with E-state index in [1.54, 1.807) is 12.3 Å². The fourth-order valence-corrected chi connectivity index (χ4v) is 4.24. The summed E-state index contributed by atoms with van der Waals surface area (Å²) in [6.45, 7) is 1.30. The van der Waals surface area contributed by atoms with Gasteiger partial charge >= 0.3 is 6.03 Å². The lowest BCUT2D eigenvalue weighted by atomic mass is 9.83. The molecule has 144 valence electrons. The molecule has 0 bridgehead atoms. The van der Waals surface area contributed by atoms with Crippen LogP contribution in [-0.2, 0) is 6.54 Å². The van der Waals surface area contributed by atoms with Gasteiger partial charge in [-0.15, -0.1) is 0 Å². The lowest BCUT2D eigenvalue weighted by Crippen LogP contribution is -2.41. The van der Waals surface area contributed by atoms with E-state index in [2.05, 4.69) is 28.5 Å². The first-order valence-corrected chi connectivity index (χ1v) is 9.71. The van der Waals surface area contributed by atoms with Crippen molar-refractivity contribution in [2.75, 3.05) is 6.54 Å². The van der Waals surface area contributed by atoms with Gasteiger partial charge in [0.05, 0.1) is 11.7 Å². The molecule has 3 aromatic rings. The zero-order chi connectivity index (χ0) is 19.8. The number of carbonyl (C=O) groups excluding carboxylic acids is 1. The van der Waals surface area contributed by atoms with Crippen LogP contribution in [-0.4, -0.2) is 28.5 Å². The highest BCUT2D eigenvalue weighted by atomic mass is 19.1. The molecule has 3 heterocycles. The van der Waals surface area contributed by atoms with Crippen LogP contribution in [0.25, 0.3) is 17.2 Å². The number of nitrogens with one attached hydrogen (secondary N) is 1. The van der Waals surface area contributed by atoms with E-state index in [0.29, 0.717) is 13.1 Å². The quantitative estimate of drug-likeness (QED) is 0.717. The van der Waals surface area contributed by atoms with Crippen LogP contribution in [0.15, 0.2) is 72.9 Å². The number of carbonyl (C=O) groups is 1. The SMILES string of the molecule is O=C1NC[C@@H]2C(C=Cc3ccc(-c4cccc(F)c4)cn3)c3ccccc3CN12. The van der Waals surface area contributed by atoms with Crippen molar-refractivity contribution in [2.45, 2.75) is 18.5 Å². The number of hydrogen-bond acceptors (Lipinski definition) is 2. The number of urea groups is 1. The third kappa shape index (κ3) is 3.29. The third-order valence-corrected chi connectivity index (χ3v) is 5.71.